The first-order chi connectivity index (χ1) is 17.5. The Hall–Kier alpha value is -3.07. The van der Waals surface area contributed by atoms with Crippen molar-refractivity contribution in [1.29, 1.82) is 0 Å². The first kappa shape index (κ1) is 28.5. The van der Waals surface area contributed by atoms with Crippen LogP contribution in [0.15, 0.2) is 23.9 Å². The van der Waals surface area contributed by atoms with E-state index in [-0.39, 0.29) is 6.61 Å². The Morgan fingerprint density at radius 2 is 1.70 bits per heavy atom. The Morgan fingerprint density at radius 1 is 1.08 bits per heavy atom. The average molecular weight is 531 g/mol. The second kappa shape index (κ2) is 12.0. The van der Waals surface area contributed by atoms with Crippen molar-refractivity contribution in [2.45, 2.75) is 55.2 Å². The molecule has 0 unspecified atom stereocenters. The zero-order chi connectivity index (χ0) is 27.4. The van der Waals surface area contributed by atoms with Crippen LogP contribution in [0.1, 0.15) is 6.23 Å². The van der Waals surface area contributed by atoms with Crippen molar-refractivity contribution in [2.75, 3.05) is 26.0 Å². The fraction of sp³-hybridized carbons (Fsp3) is 0.632. The Kier molecular flexibility index (Phi) is 9.23. The van der Waals surface area contributed by atoms with E-state index in [1.165, 1.54) is 6.33 Å². The van der Waals surface area contributed by atoms with Crippen LogP contribution in [0.3, 0.4) is 0 Å². The highest BCUT2D eigenvalue weighted by Crippen LogP contribution is 2.32. The summed E-state index contributed by atoms with van der Waals surface area (Å²) in [6.07, 6.45) is -6.82. The Morgan fingerprint density at radius 3 is 2.30 bits per heavy atom. The van der Waals surface area contributed by atoms with E-state index in [0.29, 0.717) is 21.9 Å². The van der Waals surface area contributed by atoms with Crippen LogP contribution in [0.4, 0.5) is 10.6 Å². The summed E-state index contributed by atoms with van der Waals surface area (Å²) in [5.41, 5.74) is 6.23. The van der Waals surface area contributed by atoms with Gasteiger partial charge in [-0.15, -0.1) is 4.91 Å². The van der Waals surface area contributed by atoms with Crippen molar-refractivity contribution in [2.24, 2.45) is 5.29 Å². The molecule has 10 N–H and O–H groups in total. The van der Waals surface area contributed by atoms with E-state index in [1.807, 2.05) is 0 Å². The van der Waals surface area contributed by atoms with Gasteiger partial charge in [0, 0.05) is 13.2 Å². The second-order valence-electron chi connectivity index (χ2n) is 8.26. The van der Waals surface area contributed by atoms with Gasteiger partial charge in [-0.2, -0.15) is 5.01 Å². The smallest absolute Gasteiger partial charge is 0.340 e. The predicted molar refractivity (Wildman–Crippen MR) is 121 cm³/mol. The third-order valence-electron chi connectivity index (χ3n) is 5.94. The lowest BCUT2D eigenvalue weighted by Gasteiger charge is -2.40. The minimum atomic E-state index is -1.63. The van der Waals surface area contributed by atoms with Gasteiger partial charge in [0.05, 0.1) is 23.9 Å². The number of carbonyl (C=O) groups excluding carboxylic acids is 1. The van der Waals surface area contributed by atoms with Crippen LogP contribution in [0, 0.1) is 4.91 Å². The van der Waals surface area contributed by atoms with E-state index in [4.69, 9.17) is 25.4 Å². The molecule has 0 aromatic carbocycles. The molecule has 4 heterocycles. The van der Waals surface area contributed by atoms with E-state index < -0.39 is 67.8 Å². The van der Waals surface area contributed by atoms with Crippen LogP contribution in [-0.2, 0) is 9.47 Å². The van der Waals surface area contributed by atoms with Crippen molar-refractivity contribution in [3.63, 3.8) is 0 Å². The quantitative estimate of drug-likeness (QED) is 0.130. The van der Waals surface area contributed by atoms with E-state index in [2.05, 4.69) is 20.6 Å². The highest BCUT2D eigenvalue weighted by Gasteiger charge is 2.45. The van der Waals surface area contributed by atoms with Gasteiger partial charge in [0.2, 0.25) is 0 Å². The van der Waals surface area contributed by atoms with Crippen LogP contribution in [0.5, 0.6) is 0 Å². The number of carbonyl (C=O) groups is 1. The molecule has 4 rings (SSSR count). The van der Waals surface area contributed by atoms with Gasteiger partial charge in [-0.3, -0.25) is 0 Å². The molecule has 9 atom stereocenters. The predicted octanol–water partition coefficient (Wildman–Crippen LogP) is -4.27. The minimum Gasteiger partial charge on any atom is -0.394 e. The van der Waals surface area contributed by atoms with Gasteiger partial charge in [-0.1, -0.05) is 0 Å². The summed E-state index contributed by atoms with van der Waals surface area (Å²) in [4.78, 5) is 29.4. The molecule has 0 bridgehead atoms. The summed E-state index contributed by atoms with van der Waals surface area (Å²) in [5.74, 6) is 0.329. The molecule has 0 spiro atoms. The first-order valence-electron chi connectivity index (χ1n) is 10.9. The van der Waals surface area contributed by atoms with Crippen LogP contribution in [0.2, 0.25) is 0 Å². The number of aromatic nitrogens is 3. The average Bonchev–Trinajstić information content (AvgIpc) is 3.45. The van der Waals surface area contributed by atoms with Gasteiger partial charge >= 0.3 is 6.03 Å². The molecule has 2 saturated heterocycles. The number of nitrogens with zero attached hydrogens (tertiary/aromatic N) is 5. The zero-order valence-electron chi connectivity index (χ0n) is 19.4. The fourth-order valence-corrected chi connectivity index (χ4v) is 3.83. The SMILES string of the molecule is CN(N=O)C(=O)N[C@@H]1[C@@H](O)[C@H](O)[C@@H](CO)O[C@@H]1O.Nc1ncnc2c1ccn2[C@@H]1O[C@H](CO)[C@@H](O)[C@H]1O. The summed E-state index contributed by atoms with van der Waals surface area (Å²) in [7, 11) is 1.07. The fourth-order valence-electron chi connectivity index (χ4n) is 3.83. The van der Waals surface area contributed by atoms with Gasteiger partial charge in [0.25, 0.3) is 0 Å². The van der Waals surface area contributed by atoms with Gasteiger partial charge in [0.1, 0.15) is 60.5 Å². The first-order valence-corrected chi connectivity index (χ1v) is 10.9. The number of aliphatic hydroxyl groups excluding tert-OH is 7. The summed E-state index contributed by atoms with van der Waals surface area (Å²) in [5, 5.41) is 71.8. The molecule has 0 radical (unpaired) electrons. The molecule has 2 aliphatic rings. The number of anilines is 1. The lowest BCUT2D eigenvalue weighted by Crippen LogP contribution is -2.64. The number of rotatable bonds is 5. The number of nitroso groups, excluding NO2 is 1. The molecule has 18 heteroatoms. The third kappa shape index (κ3) is 5.76. The summed E-state index contributed by atoms with van der Waals surface area (Å²) in [6, 6.07) is -0.620. The molecule has 0 aliphatic carbocycles. The highest BCUT2D eigenvalue weighted by molar-refractivity contribution is 5.86. The normalized spacial score (nSPS) is 33.5. The Bertz CT molecular complexity index is 1070. The molecule has 0 saturated carbocycles. The maximum absolute atomic E-state index is 11.3. The molecule has 37 heavy (non-hydrogen) atoms. The molecule has 2 amide bonds. The molecule has 206 valence electrons. The number of urea groups is 1. The molecular weight excluding hydrogens is 502 g/mol. The summed E-state index contributed by atoms with van der Waals surface area (Å²) >= 11 is 0. The number of ether oxygens (including phenoxy) is 2. The Balaban J connectivity index is 0.000000206. The molecule has 2 aromatic rings. The monoisotopic (exact) mass is 531 g/mol. The van der Waals surface area contributed by atoms with E-state index in [1.54, 1.807) is 16.8 Å². The van der Waals surface area contributed by atoms with Gasteiger partial charge in [-0.25, -0.2) is 14.8 Å². The van der Waals surface area contributed by atoms with E-state index in [0.717, 1.165) is 7.05 Å². The lowest BCUT2D eigenvalue weighted by atomic mass is 9.97. The number of nitrogen functional groups attached to an aromatic ring is 1. The Labute approximate surface area is 208 Å². The lowest BCUT2D eigenvalue weighted by molar-refractivity contribution is -0.252. The zero-order valence-corrected chi connectivity index (χ0v) is 19.4. The summed E-state index contributed by atoms with van der Waals surface area (Å²) in [6.45, 7) is -0.975. The number of hydrogen-bond acceptors (Lipinski definition) is 15. The molecule has 2 fully saturated rings. The van der Waals surface area contributed by atoms with Crippen molar-refractivity contribution < 1.29 is 50.0 Å². The number of amides is 2. The van der Waals surface area contributed by atoms with Crippen molar-refractivity contribution in [3.05, 3.63) is 23.5 Å². The minimum absolute atomic E-state index is 0.329. The molecule has 2 aliphatic heterocycles. The van der Waals surface area contributed by atoms with Crippen molar-refractivity contribution >= 4 is 22.9 Å². The second-order valence-corrected chi connectivity index (χ2v) is 8.26. The molecule has 18 nitrogen and oxygen atoms in total. The van der Waals surface area contributed by atoms with Crippen LogP contribution < -0.4 is 11.1 Å². The van der Waals surface area contributed by atoms with Crippen LogP contribution in [-0.4, -0.2) is 131 Å². The maximum atomic E-state index is 11.3. The molecular formula is C19H29N7O11. The largest absolute Gasteiger partial charge is 0.394 e. The van der Waals surface area contributed by atoms with Gasteiger partial charge < -0.3 is 60.8 Å². The van der Waals surface area contributed by atoms with Crippen LogP contribution >= 0.6 is 0 Å². The highest BCUT2D eigenvalue weighted by atomic mass is 16.6. The maximum Gasteiger partial charge on any atom is 0.340 e. The third-order valence-corrected chi connectivity index (χ3v) is 5.94. The number of fused-ring (bicyclic) bond motifs is 1. The number of nitrogens with two attached hydrogens (primary N) is 1. The topological polar surface area (TPSA) is 279 Å². The van der Waals surface area contributed by atoms with E-state index in [9.17, 15) is 35.2 Å². The van der Waals surface area contributed by atoms with Gasteiger partial charge in [0.15, 0.2) is 12.5 Å². The molecule has 2 aromatic heterocycles. The number of nitrogens with one attached hydrogen (secondary N) is 1. The van der Waals surface area contributed by atoms with Crippen molar-refractivity contribution in [1.82, 2.24) is 24.9 Å². The number of aliphatic hydroxyl groups is 7. The van der Waals surface area contributed by atoms with E-state index >= 15 is 0 Å². The van der Waals surface area contributed by atoms with Gasteiger partial charge in [-0.05, 0) is 6.07 Å². The summed E-state index contributed by atoms with van der Waals surface area (Å²) < 4.78 is 11.8. The van der Waals surface area contributed by atoms with Crippen LogP contribution in [0.25, 0.3) is 11.0 Å². The standard InChI is InChI=1S/C11H14N4O4.C8H15N3O7/c12-9-5-1-2-15(10(5)14-4-13-9)11-8(18)7(17)6(3-16)19-11;1-11(10-17)8(16)9-4-6(14)5(13)3(2-12)18-7(4)15/h1-2,4,6-8,11,16-18H,3H2,(H2,12,13,14);3-7,12-15H,2H2,1H3,(H,9,16)/t6-,7-,8-,11-;3-,4-,5-,6-,7+/m11/s1. The number of hydrogen-bond donors (Lipinski definition) is 9. The van der Waals surface area contributed by atoms with Crippen molar-refractivity contribution in [3.8, 4) is 0 Å².